The Morgan fingerprint density at radius 2 is 2.04 bits per heavy atom. The molecule has 142 valence electrons. The molecular formula is C17H17N3O6S. The molecule has 0 bridgehead atoms. The van der Waals surface area contributed by atoms with Crippen LogP contribution in [0.1, 0.15) is 22.3 Å². The van der Waals surface area contributed by atoms with Crippen LogP contribution in [0.2, 0.25) is 0 Å². The Morgan fingerprint density at radius 1 is 1.26 bits per heavy atom. The number of rotatable bonds is 8. The highest BCUT2D eigenvalue weighted by molar-refractivity contribution is 7.08. The van der Waals surface area contributed by atoms with Crippen molar-refractivity contribution < 1.29 is 24.0 Å². The van der Waals surface area contributed by atoms with E-state index in [1.54, 1.807) is 29.8 Å². The lowest BCUT2D eigenvalue weighted by atomic mass is 10.2. The first-order valence-electron chi connectivity index (χ1n) is 7.87. The predicted octanol–water partition coefficient (Wildman–Crippen LogP) is 2.27. The highest BCUT2D eigenvalue weighted by Gasteiger charge is 2.17. The molecule has 2 rings (SSSR count). The minimum Gasteiger partial charge on any atom is -0.456 e. The van der Waals surface area contributed by atoms with Gasteiger partial charge in [-0.05, 0) is 30.0 Å². The SMILES string of the molecule is Cc1ccc(NC(=O)COC(=O)CCNC(=O)c2ccsc2)c([N+](=O)[O-])c1. The largest absolute Gasteiger partial charge is 0.456 e. The fraction of sp³-hybridized carbons (Fsp3) is 0.235. The number of nitro groups is 1. The zero-order valence-electron chi connectivity index (χ0n) is 14.4. The fourth-order valence-electron chi connectivity index (χ4n) is 2.08. The number of nitrogens with one attached hydrogen (secondary N) is 2. The van der Waals surface area contributed by atoms with Crippen molar-refractivity contribution in [1.29, 1.82) is 0 Å². The van der Waals surface area contributed by atoms with Gasteiger partial charge in [0.2, 0.25) is 0 Å². The van der Waals surface area contributed by atoms with Gasteiger partial charge in [0.25, 0.3) is 17.5 Å². The molecule has 1 aromatic heterocycles. The molecule has 0 spiro atoms. The molecule has 2 N–H and O–H groups in total. The van der Waals surface area contributed by atoms with Gasteiger partial charge in [0.05, 0.1) is 11.3 Å². The fourth-order valence-corrected chi connectivity index (χ4v) is 2.71. The van der Waals surface area contributed by atoms with Gasteiger partial charge < -0.3 is 15.4 Å². The van der Waals surface area contributed by atoms with Gasteiger partial charge in [-0.3, -0.25) is 24.5 Å². The van der Waals surface area contributed by atoms with E-state index in [1.165, 1.54) is 23.5 Å². The second-order valence-corrected chi connectivity index (χ2v) is 6.28. The van der Waals surface area contributed by atoms with E-state index in [0.29, 0.717) is 11.1 Å². The first-order valence-corrected chi connectivity index (χ1v) is 8.82. The molecule has 0 aliphatic heterocycles. The molecule has 0 aliphatic carbocycles. The number of nitrogens with zero attached hydrogens (tertiary/aromatic N) is 1. The van der Waals surface area contributed by atoms with Crippen molar-refractivity contribution in [2.45, 2.75) is 13.3 Å². The van der Waals surface area contributed by atoms with E-state index in [1.807, 2.05) is 0 Å². The summed E-state index contributed by atoms with van der Waals surface area (Å²) in [7, 11) is 0. The van der Waals surface area contributed by atoms with E-state index in [2.05, 4.69) is 10.6 Å². The first-order chi connectivity index (χ1) is 12.9. The maximum atomic E-state index is 11.8. The Morgan fingerprint density at radius 3 is 2.70 bits per heavy atom. The third-order valence-corrected chi connectivity index (χ3v) is 4.07. The monoisotopic (exact) mass is 391 g/mol. The molecule has 2 aromatic rings. The Hall–Kier alpha value is -3.27. The van der Waals surface area contributed by atoms with Crippen LogP contribution in [0.15, 0.2) is 35.0 Å². The summed E-state index contributed by atoms with van der Waals surface area (Å²) >= 11 is 1.38. The number of aryl methyl sites for hydroxylation is 1. The molecule has 0 radical (unpaired) electrons. The van der Waals surface area contributed by atoms with Crippen molar-refractivity contribution in [2.24, 2.45) is 0 Å². The first kappa shape index (κ1) is 20.0. The van der Waals surface area contributed by atoms with Crippen LogP contribution in [0, 0.1) is 17.0 Å². The molecule has 1 heterocycles. The van der Waals surface area contributed by atoms with Crippen molar-refractivity contribution >= 4 is 40.5 Å². The van der Waals surface area contributed by atoms with Crippen LogP contribution in [0.5, 0.6) is 0 Å². The van der Waals surface area contributed by atoms with E-state index >= 15 is 0 Å². The van der Waals surface area contributed by atoms with Crippen LogP contribution in [0.3, 0.4) is 0 Å². The number of carbonyl (C=O) groups excluding carboxylic acids is 3. The molecule has 0 saturated heterocycles. The van der Waals surface area contributed by atoms with E-state index in [9.17, 15) is 24.5 Å². The molecule has 0 atom stereocenters. The molecule has 27 heavy (non-hydrogen) atoms. The highest BCUT2D eigenvalue weighted by Crippen LogP contribution is 2.25. The van der Waals surface area contributed by atoms with Gasteiger partial charge >= 0.3 is 5.97 Å². The summed E-state index contributed by atoms with van der Waals surface area (Å²) in [5, 5.41) is 19.4. The number of ether oxygens (including phenoxy) is 1. The molecule has 10 heteroatoms. The molecular weight excluding hydrogens is 374 g/mol. The molecule has 1 aromatic carbocycles. The molecule has 0 saturated carbocycles. The van der Waals surface area contributed by atoms with Crippen molar-refractivity contribution in [3.63, 3.8) is 0 Å². The lowest BCUT2D eigenvalue weighted by Crippen LogP contribution is -2.27. The molecule has 2 amide bonds. The molecule has 0 unspecified atom stereocenters. The van der Waals surface area contributed by atoms with Crippen LogP contribution in [-0.2, 0) is 14.3 Å². The maximum absolute atomic E-state index is 11.8. The number of carbonyl (C=O) groups is 3. The van der Waals surface area contributed by atoms with Gasteiger partial charge in [-0.15, -0.1) is 0 Å². The number of hydrogen-bond acceptors (Lipinski definition) is 7. The summed E-state index contributed by atoms with van der Waals surface area (Å²) in [6.07, 6.45) is -0.103. The summed E-state index contributed by atoms with van der Waals surface area (Å²) in [5.41, 5.74) is 0.962. The van der Waals surface area contributed by atoms with Crippen LogP contribution in [0.25, 0.3) is 0 Å². The topological polar surface area (TPSA) is 128 Å². The lowest BCUT2D eigenvalue weighted by Gasteiger charge is -2.08. The third kappa shape index (κ3) is 6.19. The predicted molar refractivity (Wildman–Crippen MR) is 98.7 cm³/mol. The Labute approximate surface area is 158 Å². The van der Waals surface area contributed by atoms with Gasteiger partial charge in [0.1, 0.15) is 5.69 Å². The summed E-state index contributed by atoms with van der Waals surface area (Å²) in [5.74, 6) is -1.67. The Balaban J connectivity index is 1.74. The number of thiophene rings is 1. The second kappa shape index (κ2) is 9.43. The summed E-state index contributed by atoms with van der Waals surface area (Å²) in [4.78, 5) is 45.6. The van der Waals surface area contributed by atoms with Gasteiger partial charge in [-0.2, -0.15) is 11.3 Å². The summed E-state index contributed by atoms with van der Waals surface area (Å²) < 4.78 is 4.80. The van der Waals surface area contributed by atoms with E-state index in [-0.39, 0.29) is 30.2 Å². The van der Waals surface area contributed by atoms with Gasteiger partial charge in [-0.1, -0.05) is 6.07 Å². The minimum absolute atomic E-state index is 0.0228. The Bertz CT molecular complexity index is 850. The smallest absolute Gasteiger partial charge is 0.308 e. The number of benzene rings is 1. The Kier molecular flexibility index (Phi) is 7.00. The van der Waals surface area contributed by atoms with Crippen LogP contribution in [0.4, 0.5) is 11.4 Å². The standard InChI is InChI=1S/C17H17N3O6S/c1-11-2-3-13(14(8-11)20(24)25)19-15(21)9-26-16(22)4-6-18-17(23)12-5-7-27-10-12/h2-3,5,7-8,10H,4,6,9H2,1H3,(H,18,23)(H,19,21). The van der Waals surface area contributed by atoms with Crippen molar-refractivity contribution in [3.05, 3.63) is 56.3 Å². The second-order valence-electron chi connectivity index (χ2n) is 5.50. The van der Waals surface area contributed by atoms with Crippen LogP contribution in [-0.4, -0.2) is 35.9 Å². The third-order valence-electron chi connectivity index (χ3n) is 3.39. The van der Waals surface area contributed by atoms with Gasteiger partial charge in [-0.25, -0.2) is 0 Å². The molecule has 0 fully saturated rings. The summed E-state index contributed by atoms with van der Waals surface area (Å²) in [6, 6.07) is 6.02. The van der Waals surface area contributed by atoms with Crippen molar-refractivity contribution in [1.82, 2.24) is 5.32 Å². The lowest BCUT2D eigenvalue weighted by molar-refractivity contribution is -0.384. The van der Waals surface area contributed by atoms with Gasteiger partial charge in [0, 0.05) is 23.6 Å². The van der Waals surface area contributed by atoms with E-state index in [4.69, 9.17) is 4.74 Å². The number of nitro benzene ring substituents is 1. The number of anilines is 1. The van der Waals surface area contributed by atoms with Crippen molar-refractivity contribution in [3.8, 4) is 0 Å². The van der Waals surface area contributed by atoms with Gasteiger partial charge in [0.15, 0.2) is 6.61 Å². The average molecular weight is 391 g/mol. The van der Waals surface area contributed by atoms with Crippen LogP contribution >= 0.6 is 11.3 Å². The van der Waals surface area contributed by atoms with Crippen LogP contribution < -0.4 is 10.6 Å². The number of hydrogen-bond donors (Lipinski definition) is 2. The number of amides is 2. The van der Waals surface area contributed by atoms with E-state index < -0.39 is 23.4 Å². The number of esters is 1. The average Bonchev–Trinajstić information content (AvgIpc) is 3.16. The zero-order chi connectivity index (χ0) is 19.8. The van der Waals surface area contributed by atoms with E-state index in [0.717, 1.165) is 0 Å². The van der Waals surface area contributed by atoms with Crippen molar-refractivity contribution in [2.75, 3.05) is 18.5 Å². The molecule has 0 aliphatic rings. The minimum atomic E-state index is -0.697. The highest BCUT2D eigenvalue weighted by atomic mass is 32.1. The molecule has 9 nitrogen and oxygen atoms in total. The zero-order valence-corrected chi connectivity index (χ0v) is 15.2. The normalized spacial score (nSPS) is 10.1. The maximum Gasteiger partial charge on any atom is 0.308 e. The summed E-state index contributed by atoms with van der Waals surface area (Å²) in [6.45, 7) is 1.18. The quantitative estimate of drug-likeness (QED) is 0.404.